The van der Waals surface area contributed by atoms with E-state index in [0.717, 1.165) is 6.26 Å². The molecule has 2 rings (SSSR count). The summed E-state index contributed by atoms with van der Waals surface area (Å²) in [7, 11) is -1.68. The number of ether oxygens (including phenoxy) is 2. The number of amides is 1. The summed E-state index contributed by atoms with van der Waals surface area (Å²) >= 11 is 0. The molecular weight excluding hydrogens is 356 g/mol. The average molecular weight is 376 g/mol. The highest BCUT2D eigenvalue weighted by molar-refractivity contribution is 7.90. The fraction of sp³-hybridized carbons (Fsp3) is 0.222. The van der Waals surface area contributed by atoms with Crippen LogP contribution in [0.25, 0.3) is 0 Å². The van der Waals surface area contributed by atoms with Crippen molar-refractivity contribution in [3.63, 3.8) is 0 Å². The van der Waals surface area contributed by atoms with Crippen molar-refractivity contribution < 1.29 is 22.7 Å². The van der Waals surface area contributed by atoms with E-state index < -0.39 is 15.7 Å². The minimum atomic E-state index is -3.24. The van der Waals surface area contributed by atoms with E-state index in [-0.39, 0.29) is 11.5 Å². The Bertz CT molecular complexity index is 888. The molecule has 0 atom stereocenters. The lowest BCUT2D eigenvalue weighted by atomic mass is 10.1. The van der Waals surface area contributed by atoms with Gasteiger partial charge in [0.1, 0.15) is 11.5 Å². The molecule has 8 heteroatoms. The Balaban J connectivity index is 1.90. The van der Waals surface area contributed by atoms with Crippen LogP contribution < -0.4 is 14.9 Å². The minimum Gasteiger partial charge on any atom is -0.497 e. The second kappa shape index (κ2) is 8.48. The van der Waals surface area contributed by atoms with Crippen LogP contribution in [-0.4, -0.2) is 40.0 Å². The molecule has 7 nitrogen and oxygen atoms in total. The fourth-order valence-corrected chi connectivity index (χ4v) is 2.64. The maximum atomic E-state index is 11.8. The lowest BCUT2D eigenvalue weighted by molar-refractivity contribution is -0.123. The van der Waals surface area contributed by atoms with Crippen LogP contribution in [0.3, 0.4) is 0 Å². The number of sulfone groups is 1. The van der Waals surface area contributed by atoms with Crippen LogP contribution in [-0.2, 0) is 14.6 Å². The summed E-state index contributed by atoms with van der Waals surface area (Å²) in [6.45, 7) is 1.52. The van der Waals surface area contributed by atoms with Crippen molar-refractivity contribution in [3.05, 3.63) is 54.1 Å². The highest BCUT2D eigenvalue weighted by Gasteiger charge is 2.07. The van der Waals surface area contributed by atoms with Crippen molar-refractivity contribution in [2.24, 2.45) is 5.10 Å². The van der Waals surface area contributed by atoms with Gasteiger partial charge in [-0.1, -0.05) is 12.1 Å². The molecule has 26 heavy (non-hydrogen) atoms. The number of carbonyl (C=O) groups excluding carboxylic acids is 1. The first kappa shape index (κ1) is 19.5. The van der Waals surface area contributed by atoms with Gasteiger partial charge in [0.2, 0.25) is 0 Å². The third-order valence-electron chi connectivity index (χ3n) is 3.48. The molecule has 0 heterocycles. The molecule has 0 bridgehead atoms. The highest BCUT2D eigenvalue weighted by Crippen LogP contribution is 2.16. The normalized spacial score (nSPS) is 11.7. The number of benzene rings is 2. The zero-order chi connectivity index (χ0) is 19.2. The van der Waals surface area contributed by atoms with Crippen LogP contribution in [0, 0.1) is 0 Å². The monoisotopic (exact) mass is 376 g/mol. The Hall–Kier alpha value is -2.87. The van der Waals surface area contributed by atoms with Crippen LogP contribution in [0.15, 0.2) is 58.5 Å². The Kier molecular flexibility index (Phi) is 6.35. The molecule has 1 amide bonds. The zero-order valence-electron chi connectivity index (χ0n) is 14.7. The molecule has 0 aliphatic rings. The quantitative estimate of drug-likeness (QED) is 0.589. The number of nitrogens with one attached hydrogen (secondary N) is 1. The summed E-state index contributed by atoms with van der Waals surface area (Å²) in [5.41, 5.74) is 3.65. The predicted molar refractivity (Wildman–Crippen MR) is 98.4 cm³/mol. The first-order chi connectivity index (χ1) is 12.3. The second-order valence-corrected chi connectivity index (χ2v) is 7.51. The van der Waals surface area contributed by atoms with E-state index in [1.165, 1.54) is 12.1 Å². The molecule has 1 N–H and O–H groups in total. The van der Waals surface area contributed by atoms with E-state index in [1.54, 1.807) is 50.4 Å². The molecule has 2 aromatic rings. The topological polar surface area (TPSA) is 94.1 Å². The molecule has 0 aliphatic heterocycles. The Morgan fingerprint density at radius 1 is 1.04 bits per heavy atom. The van der Waals surface area contributed by atoms with Crippen LogP contribution in [0.4, 0.5) is 0 Å². The van der Waals surface area contributed by atoms with Gasteiger partial charge in [-0.2, -0.15) is 5.10 Å². The van der Waals surface area contributed by atoms with E-state index in [2.05, 4.69) is 10.5 Å². The lowest BCUT2D eigenvalue weighted by Gasteiger charge is -2.07. The average Bonchev–Trinajstić information content (AvgIpc) is 2.64. The highest BCUT2D eigenvalue weighted by atomic mass is 32.2. The van der Waals surface area contributed by atoms with E-state index in [1.807, 2.05) is 0 Å². The van der Waals surface area contributed by atoms with Gasteiger partial charge >= 0.3 is 0 Å². The Morgan fingerprint density at radius 3 is 2.15 bits per heavy atom. The molecular formula is C18H20N2O5S. The van der Waals surface area contributed by atoms with Crippen LogP contribution in [0.5, 0.6) is 11.5 Å². The summed E-state index contributed by atoms with van der Waals surface area (Å²) in [4.78, 5) is 12.0. The number of hydrogen-bond acceptors (Lipinski definition) is 6. The van der Waals surface area contributed by atoms with Gasteiger partial charge in [0.15, 0.2) is 16.4 Å². The largest absolute Gasteiger partial charge is 0.497 e. The molecule has 0 saturated heterocycles. The van der Waals surface area contributed by atoms with Crippen molar-refractivity contribution in [1.29, 1.82) is 0 Å². The smallest absolute Gasteiger partial charge is 0.277 e. The summed E-state index contributed by atoms with van der Waals surface area (Å²) in [5.74, 6) is 0.829. The summed E-state index contributed by atoms with van der Waals surface area (Å²) in [5, 5.41) is 3.99. The van der Waals surface area contributed by atoms with Crippen molar-refractivity contribution in [2.75, 3.05) is 20.0 Å². The van der Waals surface area contributed by atoms with E-state index >= 15 is 0 Å². The number of carbonyl (C=O) groups is 1. The molecule has 0 radical (unpaired) electrons. The van der Waals surface area contributed by atoms with Crippen LogP contribution >= 0.6 is 0 Å². The summed E-state index contributed by atoms with van der Waals surface area (Å²) < 4.78 is 33.3. The maximum Gasteiger partial charge on any atom is 0.277 e. The van der Waals surface area contributed by atoms with E-state index in [0.29, 0.717) is 22.8 Å². The van der Waals surface area contributed by atoms with Crippen LogP contribution in [0.2, 0.25) is 0 Å². The van der Waals surface area contributed by atoms with Crippen LogP contribution in [0.1, 0.15) is 12.5 Å². The zero-order valence-corrected chi connectivity index (χ0v) is 15.5. The van der Waals surface area contributed by atoms with Gasteiger partial charge in [0, 0.05) is 6.26 Å². The van der Waals surface area contributed by atoms with Gasteiger partial charge in [-0.25, -0.2) is 13.8 Å². The maximum absolute atomic E-state index is 11.8. The number of nitrogens with zero attached hydrogens (tertiary/aromatic N) is 1. The van der Waals surface area contributed by atoms with Crippen molar-refractivity contribution in [2.45, 2.75) is 11.8 Å². The summed E-state index contributed by atoms with van der Waals surface area (Å²) in [6.07, 6.45) is 1.14. The predicted octanol–water partition coefficient (Wildman–Crippen LogP) is 2.02. The minimum absolute atomic E-state index is 0.184. The molecule has 0 spiro atoms. The third kappa shape index (κ3) is 5.59. The fourth-order valence-electron chi connectivity index (χ4n) is 2.01. The molecule has 0 unspecified atom stereocenters. The molecule has 138 valence electrons. The van der Waals surface area contributed by atoms with Crippen molar-refractivity contribution >= 4 is 21.5 Å². The molecule has 0 aliphatic carbocycles. The number of hydrogen-bond donors (Lipinski definition) is 1. The number of hydrazone groups is 1. The van der Waals surface area contributed by atoms with E-state index in [4.69, 9.17) is 9.47 Å². The molecule has 2 aromatic carbocycles. The lowest BCUT2D eigenvalue weighted by Crippen LogP contribution is -2.25. The SMILES string of the molecule is COc1ccc(OCC(=O)N/N=C(/C)c2ccc(S(C)(=O)=O)cc2)cc1. The van der Waals surface area contributed by atoms with Crippen molar-refractivity contribution in [1.82, 2.24) is 5.43 Å². The van der Waals surface area contributed by atoms with E-state index in [9.17, 15) is 13.2 Å². The Labute approximate surface area is 152 Å². The number of rotatable bonds is 7. The first-order valence-electron chi connectivity index (χ1n) is 7.70. The first-order valence-corrected chi connectivity index (χ1v) is 9.59. The molecule has 0 fully saturated rings. The van der Waals surface area contributed by atoms with Gasteiger partial charge in [-0.3, -0.25) is 4.79 Å². The molecule has 0 aromatic heterocycles. The van der Waals surface area contributed by atoms with Gasteiger partial charge in [0.25, 0.3) is 5.91 Å². The third-order valence-corrected chi connectivity index (χ3v) is 4.61. The standard InChI is InChI=1S/C18H20N2O5S/c1-13(14-4-10-17(11-5-14)26(3,22)23)19-20-18(21)12-25-16-8-6-15(24-2)7-9-16/h4-11H,12H2,1-3H3,(H,20,21)/b19-13-. The van der Waals surface area contributed by atoms with Gasteiger partial charge in [-0.05, 0) is 48.9 Å². The van der Waals surface area contributed by atoms with Gasteiger partial charge in [0.05, 0.1) is 17.7 Å². The number of methoxy groups -OCH3 is 1. The Morgan fingerprint density at radius 2 is 1.62 bits per heavy atom. The molecule has 0 saturated carbocycles. The second-order valence-electron chi connectivity index (χ2n) is 5.49. The van der Waals surface area contributed by atoms with Gasteiger partial charge < -0.3 is 9.47 Å². The van der Waals surface area contributed by atoms with Gasteiger partial charge in [-0.15, -0.1) is 0 Å². The van der Waals surface area contributed by atoms with Crippen molar-refractivity contribution in [3.8, 4) is 11.5 Å². The summed E-state index contributed by atoms with van der Waals surface area (Å²) in [6, 6.07) is 13.1.